The summed E-state index contributed by atoms with van der Waals surface area (Å²) in [5, 5.41) is 0. The van der Waals surface area contributed by atoms with Gasteiger partial charge in [0.15, 0.2) is 0 Å². The summed E-state index contributed by atoms with van der Waals surface area (Å²) in [7, 11) is 0. The number of ether oxygens (including phenoxy) is 2. The summed E-state index contributed by atoms with van der Waals surface area (Å²) in [5.74, 6) is 2.71. The Kier molecular flexibility index (Phi) is 5.37. The van der Waals surface area contributed by atoms with Crippen LogP contribution in [0.1, 0.15) is 45.4 Å². The molecule has 2 nitrogen and oxygen atoms in total. The van der Waals surface area contributed by atoms with Crippen molar-refractivity contribution in [2.75, 3.05) is 13.2 Å². The van der Waals surface area contributed by atoms with E-state index >= 15 is 0 Å². The van der Waals surface area contributed by atoms with Gasteiger partial charge in [-0.25, -0.2) is 0 Å². The molecule has 18 heavy (non-hydrogen) atoms. The quantitative estimate of drug-likeness (QED) is 0.741. The minimum absolute atomic E-state index is 0.700. The highest BCUT2D eigenvalue weighted by molar-refractivity contribution is 5.32. The maximum absolute atomic E-state index is 5.82. The molecule has 0 amide bonds. The predicted octanol–water partition coefficient (Wildman–Crippen LogP) is 4.43. The molecular weight excluding hydrogens is 224 g/mol. The van der Waals surface area contributed by atoms with Crippen LogP contribution in [0.5, 0.6) is 11.5 Å². The zero-order valence-electron chi connectivity index (χ0n) is 11.4. The summed E-state index contributed by atoms with van der Waals surface area (Å²) in [6.45, 7) is 3.53. The van der Waals surface area contributed by atoms with Gasteiger partial charge in [-0.05, 0) is 31.4 Å². The van der Waals surface area contributed by atoms with Crippen molar-refractivity contribution < 1.29 is 9.47 Å². The Hall–Kier alpha value is -1.18. The Morgan fingerprint density at radius 2 is 1.78 bits per heavy atom. The summed E-state index contributed by atoms with van der Waals surface area (Å²) in [6, 6.07) is 7.94. The van der Waals surface area contributed by atoms with Crippen molar-refractivity contribution in [3.05, 3.63) is 24.3 Å². The highest BCUT2D eigenvalue weighted by Crippen LogP contribution is 2.26. The van der Waals surface area contributed by atoms with Crippen LogP contribution in [0.15, 0.2) is 24.3 Å². The number of benzene rings is 1. The summed E-state index contributed by atoms with van der Waals surface area (Å²) in [4.78, 5) is 0. The Labute approximate surface area is 110 Å². The van der Waals surface area contributed by atoms with E-state index in [9.17, 15) is 0 Å². The van der Waals surface area contributed by atoms with E-state index in [1.165, 1.54) is 38.5 Å². The van der Waals surface area contributed by atoms with Gasteiger partial charge in [-0.2, -0.15) is 0 Å². The topological polar surface area (TPSA) is 18.5 Å². The van der Waals surface area contributed by atoms with E-state index in [0.717, 1.165) is 24.0 Å². The predicted molar refractivity (Wildman–Crippen MR) is 74.3 cm³/mol. The fourth-order valence-electron chi connectivity index (χ4n) is 2.64. The molecule has 0 N–H and O–H groups in total. The minimum atomic E-state index is 0.700. The van der Waals surface area contributed by atoms with Gasteiger partial charge in [0.2, 0.25) is 0 Å². The van der Waals surface area contributed by atoms with E-state index in [4.69, 9.17) is 9.47 Å². The van der Waals surface area contributed by atoms with E-state index < -0.39 is 0 Å². The van der Waals surface area contributed by atoms with Gasteiger partial charge in [0.25, 0.3) is 0 Å². The van der Waals surface area contributed by atoms with Gasteiger partial charge in [0.1, 0.15) is 11.5 Å². The monoisotopic (exact) mass is 248 g/mol. The second-order valence-corrected chi connectivity index (χ2v) is 5.05. The Morgan fingerprint density at radius 1 is 1.06 bits per heavy atom. The average Bonchev–Trinajstić information content (AvgIpc) is 2.41. The van der Waals surface area contributed by atoms with Crippen LogP contribution in [0, 0.1) is 5.92 Å². The first-order valence-corrected chi connectivity index (χ1v) is 7.24. The molecule has 0 aliphatic heterocycles. The summed E-state index contributed by atoms with van der Waals surface area (Å²) < 4.78 is 11.3. The van der Waals surface area contributed by atoms with Crippen LogP contribution in [-0.2, 0) is 0 Å². The lowest BCUT2D eigenvalue weighted by Gasteiger charge is -2.21. The molecule has 0 saturated heterocycles. The fraction of sp³-hybridized carbons (Fsp3) is 0.625. The molecule has 2 rings (SSSR count). The molecule has 0 heterocycles. The Morgan fingerprint density at radius 3 is 2.50 bits per heavy atom. The molecule has 0 unspecified atom stereocenters. The third-order valence-electron chi connectivity index (χ3n) is 3.64. The van der Waals surface area contributed by atoms with E-state index in [2.05, 4.69) is 0 Å². The lowest BCUT2D eigenvalue weighted by atomic mass is 9.87. The molecule has 1 fully saturated rings. The van der Waals surface area contributed by atoms with E-state index in [-0.39, 0.29) is 0 Å². The SMILES string of the molecule is CCOc1cccc(OCCC2CCCCC2)c1. The van der Waals surface area contributed by atoms with Crippen molar-refractivity contribution in [3.63, 3.8) is 0 Å². The molecule has 0 bridgehead atoms. The van der Waals surface area contributed by atoms with E-state index in [1.807, 2.05) is 31.2 Å². The van der Waals surface area contributed by atoms with Gasteiger partial charge in [0.05, 0.1) is 13.2 Å². The van der Waals surface area contributed by atoms with E-state index in [1.54, 1.807) is 0 Å². The lowest BCUT2D eigenvalue weighted by Crippen LogP contribution is -2.10. The van der Waals surface area contributed by atoms with Gasteiger partial charge in [-0.3, -0.25) is 0 Å². The van der Waals surface area contributed by atoms with Crippen molar-refractivity contribution in [1.82, 2.24) is 0 Å². The summed E-state index contributed by atoms with van der Waals surface area (Å²) in [5.41, 5.74) is 0. The molecule has 1 aromatic rings. The summed E-state index contributed by atoms with van der Waals surface area (Å²) >= 11 is 0. The number of rotatable bonds is 6. The molecule has 1 aliphatic carbocycles. The molecule has 1 aromatic carbocycles. The maximum atomic E-state index is 5.82. The largest absolute Gasteiger partial charge is 0.494 e. The van der Waals surface area contributed by atoms with Gasteiger partial charge in [-0.15, -0.1) is 0 Å². The smallest absolute Gasteiger partial charge is 0.122 e. The first-order chi connectivity index (χ1) is 8.88. The molecule has 2 heteroatoms. The molecule has 0 atom stereocenters. The van der Waals surface area contributed by atoms with Crippen LogP contribution in [0.2, 0.25) is 0 Å². The highest BCUT2D eigenvalue weighted by Gasteiger charge is 2.13. The van der Waals surface area contributed by atoms with Crippen molar-refractivity contribution in [1.29, 1.82) is 0 Å². The molecule has 0 radical (unpaired) electrons. The first kappa shape index (κ1) is 13.3. The van der Waals surface area contributed by atoms with Crippen molar-refractivity contribution in [3.8, 4) is 11.5 Å². The van der Waals surface area contributed by atoms with Crippen molar-refractivity contribution >= 4 is 0 Å². The molecule has 0 aromatic heterocycles. The number of hydrogen-bond acceptors (Lipinski definition) is 2. The normalized spacial score (nSPS) is 16.5. The van der Waals surface area contributed by atoms with Crippen LogP contribution in [0.3, 0.4) is 0 Å². The van der Waals surface area contributed by atoms with Crippen LogP contribution in [0.25, 0.3) is 0 Å². The zero-order valence-corrected chi connectivity index (χ0v) is 11.4. The molecule has 0 spiro atoms. The van der Waals surface area contributed by atoms with Gasteiger partial charge < -0.3 is 9.47 Å². The molecular formula is C16H24O2. The third-order valence-corrected chi connectivity index (χ3v) is 3.64. The zero-order chi connectivity index (χ0) is 12.6. The Bertz CT molecular complexity index is 343. The second-order valence-electron chi connectivity index (χ2n) is 5.05. The summed E-state index contributed by atoms with van der Waals surface area (Å²) in [6.07, 6.45) is 8.21. The van der Waals surface area contributed by atoms with Gasteiger partial charge in [0, 0.05) is 6.07 Å². The molecule has 1 saturated carbocycles. The minimum Gasteiger partial charge on any atom is -0.494 e. The van der Waals surface area contributed by atoms with Crippen LogP contribution >= 0.6 is 0 Å². The maximum Gasteiger partial charge on any atom is 0.122 e. The Balaban J connectivity index is 1.73. The first-order valence-electron chi connectivity index (χ1n) is 7.24. The third kappa shape index (κ3) is 4.25. The second kappa shape index (κ2) is 7.30. The number of hydrogen-bond donors (Lipinski definition) is 0. The molecule has 100 valence electrons. The van der Waals surface area contributed by atoms with Crippen molar-refractivity contribution in [2.24, 2.45) is 5.92 Å². The lowest BCUT2D eigenvalue weighted by molar-refractivity contribution is 0.245. The molecule has 1 aliphatic rings. The average molecular weight is 248 g/mol. The van der Waals surface area contributed by atoms with Crippen LogP contribution in [0.4, 0.5) is 0 Å². The van der Waals surface area contributed by atoms with Crippen LogP contribution in [-0.4, -0.2) is 13.2 Å². The highest BCUT2D eigenvalue weighted by atomic mass is 16.5. The standard InChI is InChI=1S/C16H24O2/c1-2-17-15-9-6-10-16(13-15)18-12-11-14-7-4-3-5-8-14/h6,9-10,13-14H,2-5,7-8,11-12H2,1H3. The van der Waals surface area contributed by atoms with Gasteiger partial charge in [-0.1, -0.05) is 38.2 Å². The van der Waals surface area contributed by atoms with Crippen LogP contribution < -0.4 is 9.47 Å². The van der Waals surface area contributed by atoms with Crippen molar-refractivity contribution in [2.45, 2.75) is 45.4 Å². The fourth-order valence-corrected chi connectivity index (χ4v) is 2.64. The van der Waals surface area contributed by atoms with E-state index in [0.29, 0.717) is 6.61 Å². The van der Waals surface area contributed by atoms with Gasteiger partial charge >= 0.3 is 0 Å².